The Morgan fingerprint density at radius 1 is 1.37 bits per heavy atom. The van der Waals surface area contributed by atoms with Gasteiger partial charge in [0.2, 0.25) is 0 Å². The Bertz CT molecular complexity index is 499. The summed E-state index contributed by atoms with van der Waals surface area (Å²) in [4.78, 5) is 13.8. The predicted molar refractivity (Wildman–Crippen MR) is 71.8 cm³/mol. The number of likely N-dealkylation sites (tertiary alicyclic amines) is 1. The van der Waals surface area contributed by atoms with Gasteiger partial charge in [0, 0.05) is 13.1 Å². The molecule has 0 aromatic heterocycles. The van der Waals surface area contributed by atoms with Crippen molar-refractivity contribution in [1.82, 2.24) is 4.90 Å². The third-order valence-corrected chi connectivity index (χ3v) is 3.38. The summed E-state index contributed by atoms with van der Waals surface area (Å²) >= 11 is 0. The van der Waals surface area contributed by atoms with E-state index < -0.39 is 0 Å². The van der Waals surface area contributed by atoms with Crippen molar-refractivity contribution in [2.45, 2.75) is 26.2 Å². The molecule has 1 saturated heterocycles. The van der Waals surface area contributed by atoms with Gasteiger partial charge < -0.3 is 9.64 Å². The first-order valence-electron chi connectivity index (χ1n) is 6.62. The van der Waals surface area contributed by atoms with Crippen LogP contribution in [0.1, 0.15) is 30.4 Å². The minimum atomic E-state index is 0.0291. The summed E-state index contributed by atoms with van der Waals surface area (Å²) in [5.41, 5.74) is 1.48. The molecule has 0 unspecified atom stereocenters. The Balaban J connectivity index is 1.94. The first-order valence-corrected chi connectivity index (χ1v) is 6.62. The van der Waals surface area contributed by atoms with Crippen molar-refractivity contribution in [3.05, 3.63) is 29.3 Å². The average molecular weight is 258 g/mol. The van der Waals surface area contributed by atoms with Gasteiger partial charge in [-0.3, -0.25) is 4.79 Å². The van der Waals surface area contributed by atoms with Crippen LogP contribution in [0.3, 0.4) is 0 Å². The number of aryl methyl sites for hydroxylation is 1. The van der Waals surface area contributed by atoms with Gasteiger partial charge in [-0.25, -0.2) is 0 Å². The van der Waals surface area contributed by atoms with Gasteiger partial charge >= 0.3 is 0 Å². The smallest absolute Gasteiger partial charge is 0.260 e. The molecule has 0 N–H and O–H groups in total. The lowest BCUT2D eigenvalue weighted by Crippen LogP contribution is -2.38. The number of hydrogen-bond donors (Lipinski definition) is 0. The van der Waals surface area contributed by atoms with Crippen LogP contribution in [0.2, 0.25) is 0 Å². The monoisotopic (exact) mass is 258 g/mol. The van der Waals surface area contributed by atoms with Gasteiger partial charge in [0.05, 0.1) is 11.6 Å². The Morgan fingerprint density at radius 3 is 2.79 bits per heavy atom. The molecule has 0 radical (unpaired) electrons. The second-order valence-electron chi connectivity index (χ2n) is 4.82. The van der Waals surface area contributed by atoms with Gasteiger partial charge in [-0.15, -0.1) is 0 Å². The highest BCUT2D eigenvalue weighted by Crippen LogP contribution is 2.19. The molecule has 1 fully saturated rings. The lowest BCUT2D eigenvalue weighted by molar-refractivity contribution is -0.134. The molecule has 1 aromatic carbocycles. The van der Waals surface area contributed by atoms with E-state index in [4.69, 9.17) is 10.00 Å². The predicted octanol–water partition coefficient (Wildman–Crippen LogP) is 2.26. The van der Waals surface area contributed by atoms with Crippen LogP contribution in [0, 0.1) is 18.3 Å². The number of amides is 1. The molecule has 4 nitrogen and oxygen atoms in total. The van der Waals surface area contributed by atoms with Crippen LogP contribution < -0.4 is 4.74 Å². The maximum absolute atomic E-state index is 12.0. The van der Waals surface area contributed by atoms with Crippen LogP contribution in [0.25, 0.3) is 0 Å². The number of carbonyl (C=O) groups is 1. The number of nitrogens with zero attached hydrogens (tertiary/aromatic N) is 2. The lowest BCUT2D eigenvalue weighted by atomic mass is 10.1. The van der Waals surface area contributed by atoms with Crippen LogP contribution >= 0.6 is 0 Å². The summed E-state index contributed by atoms with van der Waals surface area (Å²) in [6, 6.07) is 7.33. The SMILES string of the molecule is Cc1ccc(C#N)cc1OCC(=O)N1CCCCC1. The molecule has 1 amide bonds. The van der Waals surface area contributed by atoms with Crippen LogP contribution in [-0.2, 0) is 4.79 Å². The van der Waals surface area contributed by atoms with Gasteiger partial charge in [-0.2, -0.15) is 5.26 Å². The van der Waals surface area contributed by atoms with E-state index >= 15 is 0 Å². The average Bonchev–Trinajstić information content (AvgIpc) is 2.47. The van der Waals surface area contributed by atoms with Crippen molar-refractivity contribution in [2.24, 2.45) is 0 Å². The number of nitriles is 1. The summed E-state index contributed by atoms with van der Waals surface area (Å²) in [6.07, 6.45) is 3.36. The second-order valence-corrected chi connectivity index (χ2v) is 4.82. The molecule has 19 heavy (non-hydrogen) atoms. The van der Waals surface area contributed by atoms with E-state index in [-0.39, 0.29) is 12.5 Å². The highest BCUT2D eigenvalue weighted by Gasteiger charge is 2.17. The normalized spacial score (nSPS) is 14.8. The van der Waals surface area contributed by atoms with E-state index in [1.54, 1.807) is 12.1 Å². The van der Waals surface area contributed by atoms with Gasteiger partial charge in [0.15, 0.2) is 6.61 Å². The lowest BCUT2D eigenvalue weighted by Gasteiger charge is -2.26. The highest BCUT2D eigenvalue weighted by molar-refractivity contribution is 5.77. The summed E-state index contributed by atoms with van der Waals surface area (Å²) in [7, 11) is 0. The van der Waals surface area contributed by atoms with Crippen LogP contribution in [0.15, 0.2) is 18.2 Å². The first kappa shape index (κ1) is 13.4. The van der Waals surface area contributed by atoms with Gasteiger partial charge in [-0.05, 0) is 43.9 Å². The summed E-state index contributed by atoms with van der Waals surface area (Å²) in [5.74, 6) is 0.644. The minimum Gasteiger partial charge on any atom is -0.483 e. The summed E-state index contributed by atoms with van der Waals surface area (Å²) < 4.78 is 5.55. The third-order valence-electron chi connectivity index (χ3n) is 3.38. The van der Waals surface area contributed by atoms with Crippen LogP contribution in [-0.4, -0.2) is 30.5 Å². The maximum Gasteiger partial charge on any atom is 0.260 e. The third kappa shape index (κ3) is 3.47. The molecule has 0 aliphatic carbocycles. The first-order chi connectivity index (χ1) is 9.20. The van der Waals surface area contributed by atoms with E-state index in [0.29, 0.717) is 11.3 Å². The largest absolute Gasteiger partial charge is 0.483 e. The van der Waals surface area contributed by atoms with Crippen LogP contribution in [0.4, 0.5) is 0 Å². The standard InChI is InChI=1S/C15H18N2O2/c1-12-5-6-13(10-16)9-14(12)19-11-15(18)17-7-3-2-4-8-17/h5-6,9H,2-4,7-8,11H2,1H3. The number of ether oxygens (including phenoxy) is 1. The van der Waals surface area contributed by atoms with E-state index in [9.17, 15) is 4.79 Å². The molecule has 0 bridgehead atoms. The molecule has 1 aromatic rings. The minimum absolute atomic E-state index is 0.0291. The number of benzene rings is 1. The molecular weight excluding hydrogens is 240 g/mol. The number of carbonyl (C=O) groups excluding carboxylic acids is 1. The Morgan fingerprint density at radius 2 is 2.11 bits per heavy atom. The fraction of sp³-hybridized carbons (Fsp3) is 0.467. The van der Waals surface area contributed by atoms with Crippen molar-refractivity contribution < 1.29 is 9.53 Å². The highest BCUT2D eigenvalue weighted by atomic mass is 16.5. The number of hydrogen-bond acceptors (Lipinski definition) is 3. The van der Waals surface area contributed by atoms with Crippen molar-refractivity contribution in [3.63, 3.8) is 0 Å². The van der Waals surface area contributed by atoms with Crippen molar-refractivity contribution in [3.8, 4) is 11.8 Å². The van der Waals surface area contributed by atoms with Gasteiger partial charge in [0.1, 0.15) is 5.75 Å². The van der Waals surface area contributed by atoms with Crippen molar-refractivity contribution in [1.29, 1.82) is 5.26 Å². The molecule has 1 aliphatic heterocycles. The zero-order chi connectivity index (χ0) is 13.7. The zero-order valence-corrected chi connectivity index (χ0v) is 11.2. The molecular formula is C15H18N2O2. The fourth-order valence-corrected chi connectivity index (χ4v) is 2.20. The van der Waals surface area contributed by atoms with E-state index in [1.807, 2.05) is 17.9 Å². The summed E-state index contributed by atoms with van der Waals surface area (Å²) in [5, 5.41) is 8.85. The number of piperidine rings is 1. The van der Waals surface area contributed by atoms with E-state index in [0.717, 1.165) is 31.5 Å². The Hall–Kier alpha value is -2.02. The van der Waals surface area contributed by atoms with Crippen LogP contribution in [0.5, 0.6) is 5.75 Å². The van der Waals surface area contributed by atoms with Gasteiger partial charge in [0.25, 0.3) is 5.91 Å². The molecule has 0 spiro atoms. The molecule has 1 heterocycles. The van der Waals surface area contributed by atoms with Crippen molar-refractivity contribution in [2.75, 3.05) is 19.7 Å². The molecule has 0 saturated carbocycles. The van der Waals surface area contributed by atoms with E-state index in [2.05, 4.69) is 6.07 Å². The quantitative estimate of drug-likeness (QED) is 0.835. The second kappa shape index (κ2) is 6.24. The molecule has 4 heteroatoms. The molecule has 1 aliphatic rings. The molecule has 0 atom stereocenters. The van der Waals surface area contributed by atoms with Gasteiger partial charge in [-0.1, -0.05) is 6.07 Å². The Labute approximate surface area is 113 Å². The Kier molecular flexibility index (Phi) is 4.40. The summed E-state index contributed by atoms with van der Waals surface area (Å²) in [6.45, 7) is 3.62. The molecule has 2 rings (SSSR count). The zero-order valence-electron chi connectivity index (χ0n) is 11.2. The topological polar surface area (TPSA) is 53.3 Å². The number of rotatable bonds is 3. The van der Waals surface area contributed by atoms with Crippen molar-refractivity contribution >= 4 is 5.91 Å². The van der Waals surface area contributed by atoms with E-state index in [1.165, 1.54) is 6.42 Å². The fourth-order valence-electron chi connectivity index (χ4n) is 2.20. The molecule has 100 valence electrons. The maximum atomic E-state index is 12.0.